The van der Waals surface area contributed by atoms with Crippen molar-refractivity contribution in [1.29, 1.82) is 0 Å². The molecule has 0 fully saturated rings. The highest BCUT2D eigenvalue weighted by atomic mass is 15.1. The first kappa shape index (κ1) is 7.85. The third-order valence-electron chi connectivity index (χ3n) is 1.65. The molecule has 1 aromatic heterocycles. The quantitative estimate of drug-likeness (QED) is 0.663. The van der Waals surface area contributed by atoms with Crippen molar-refractivity contribution in [1.82, 2.24) is 9.55 Å². The molecule has 0 aliphatic heterocycles. The second kappa shape index (κ2) is 2.78. The summed E-state index contributed by atoms with van der Waals surface area (Å²) in [7, 11) is 0. The summed E-state index contributed by atoms with van der Waals surface area (Å²) in [5.74, 6) is 0.554. The molecule has 0 bridgehead atoms. The van der Waals surface area contributed by atoms with Gasteiger partial charge in [-0.15, -0.1) is 0 Å². The van der Waals surface area contributed by atoms with Gasteiger partial charge in [-0.2, -0.15) is 0 Å². The number of aryl methyl sites for hydroxylation is 1. The maximum absolute atomic E-state index is 5.63. The molecule has 60 valence electrons. The smallest absolute Gasteiger partial charge is 0.204 e. The van der Waals surface area contributed by atoms with Gasteiger partial charge in [-0.3, -0.25) is 4.57 Å². The van der Waals surface area contributed by atoms with E-state index in [0.29, 0.717) is 5.95 Å². The Labute approximate surface area is 66.5 Å². The molecule has 0 saturated carbocycles. The third kappa shape index (κ3) is 1.42. The fraction of sp³-hybridized carbons (Fsp3) is 0.375. The molecule has 0 radical (unpaired) electrons. The number of hydrogen-bond donors (Lipinski definition) is 1. The predicted octanol–water partition coefficient (Wildman–Crippen LogP) is 1.65. The highest BCUT2D eigenvalue weighted by Crippen LogP contribution is 2.10. The van der Waals surface area contributed by atoms with E-state index >= 15 is 0 Å². The van der Waals surface area contributed by atoms with Crippen molar-refractivity contribution in [3.63, 3.8) is 0 Å². The van der Waals surface area contributed by atoms with Crippen LogP contribution in [0, 0.1) is 6.92 Å². The first-order chi connectivity index (χ1) is 5.15. The van der Waals surface area contributed by atoms with Crippen molar-refractivity contribution in [2.24, 2.45) is 0 Å². The number of aromatic nitrogens is 2. The lowest BCUT2D eigenvalue weighted by Crippen LogP contribution is -1.98. The molecule has 1 heterocycles. The second-order valence-electron chi connectivity index (χ2n) is 2.54. The van der Waals surface area contributed by atoms with Crippen LogP contribution < -0.4 is 5.73 Å². The van der Waals surface area contributed by atoms with Gasteiger partial charge in [0, 0.05) is 11.9 Å². The molecule has 0 amide bonds. The number of nitrogen functional groups attached to an aromatic ring is 1. The van der Waals surface area contributed by atoms with Crippen molar-refractivity contribution in [3.05, 3.63) is 18.0 Å². The summed E-state index contributed by atoms with van der Waals surface area (Å²) < 4.78 is 1.87. The van der Waals surface area contributed by atoms with Gasteiger partial charge >= 0.3 is 0 Å². The first-order valence-corrected chi connectivity index (χ1v) is 3.60. The number of anilines is 1. The Morgan fingerprint density at radius 1 is 1.73 bits per heavy atom. The van der Waals surface area contributed by atoms with E-state index in [1.807, 2.05) is 37.6 Å². The Balaban J connectivity index is 3.13. The molecular weight excluding hydrogens is 138 g/mol. The molecular formula is C8H13N3. The summed E-state index contributed by atoms with van der Waals surface area (Å²) in [6, 6.07) is 0. The highest BCUT2D eigenvalue weighted by Gasteiger charge is 2.00. The minimum atomic E-state index is 0.554. The van der Waals surface area contributed by atoms with Crippen molar-refractivity contribution in [2.45, 2.75) is 20.8 Å². The zero-order chi connectivity index (χ0) is 8.43. The molecule has 0 unspecified atom stereocenters. The van der Waals surface area contributed by atoms with Crippen LogP contribution in [0.1, 0.15) is 19.5 Å². The lowest BCUT2D eigenvalue weighted by Gasteiger charge is -2.01. The van der Waals surface area contributed by atoms with Gasteiger partial charge in [-0.1, -0.05) is 6.08 Å². The van der Waals surface area contributed by atoms with E-state index in [0.717, 1.165) is 11.4 Å². The van der Waals surface area contributed by atoms with E-state index in [2.05, 4.69) is 4.98 Å². The molecule has 1 rings (SSSR count). The topological polar surface area (TPSA) is 43.8 Å². The van der Waals surface area contributed by atoms with Crippen molar-refractivity contribution in [2.75, 3.05) is 5.73 Å². The van der Waals surface area contributed by atoms with Crippen LogP contribution >= 0.6 is 0 Å². The summed E-state index contributed by atoms with van der Waals surface area (Å²) >= 11 is 0. The zero-order valence-corrected chi connectivity index (χ0v) is 7.13. The monoisotopic (exact) mass is 151 g/mol. The zero-order valence-electron chi connectivity index (χ0n) is 7.13. The summed E-state index contributed by atoms with van der Waals surface area (Å²) in [4.78, 5) is 4.08. The molecule has 0 aromatic carbocycles. The molecule has 0 aliphatic rings. The van der Waals surface area contributed by atoms with Gasteiger partial charge in [-0.05, 0) is 20.8 Å². The Morgan fingerprint density at radius 2 is 2.36 bits per heavy atom. The van der Waals surface area contributed by atoms with Crippen LogP contribution in [0.4, 0.5) is 5.95 Å². The highest BCUT2D eigenvalue weighted by molar-refractivity contribution is 5.48. The molecule has 0 saturated heterocycles. The molecule has 0 aliphatic carbocycles. The molecule has 11 heavy (non-hydrogen) atoms. The van der Waals surface area contributed by atoms with Crippen molar-refractivity contribution in [3.8, 4) is 0 Å². The number of allylic oxidation sites excluding steroid dienone is 2. The average molecular weight is 151 g/mol. The predicted molar refractivity (Wildman–Crippen MR) is 47.0 cm³/mol. The van der Waals surface area contributed by atoms with E-state index in [9.17, 15) is 0 Å². The van der Waals surface area contributed by atoms with E-state index in [4.69, 9.17) is 5.73 Å². The minimum Gasteiger partial charge on any atom is -0.369 e. The van der Waals surface area contributed by atoms with Gasteiger partial charge in [0.25, 0.3) is 0 Å². The van der Waals surface area contributed by atoms with Crippen LogP contribution in [0.25, 0.3) is 5.70 Å². The van der Waals surface area contributed by atoms with Crippen LogP contribution in [0.15, 0.2) is 12.3 Å². The van der Waals surface area contributed by atoms with Crippen LogP contribution in [-0.2, 0) is 0 Å². The number of imidazole rings is 1. The number of nitrogens with two attached hydrogens (primary N) is 1. The van der Waals surface area contributed by atoms with E-state index in [1.165, 1.54) is 0 Å². The number of rotatable bonds is 1. The fourth-order valence-electron chi connectivity index (χ4n) is 0.938. The standard InChI is InChI=1S/C8H13N3/c1-4-7(3)11-5-6(2)10-8(11)9/h4-5H,1-3H3,(H2,9,10). The van der Waals surface area contributed by atoms with Crippen LogP contribution in [0.5, 0.6) is 0 Å². The summed E-state index contributed by atoms with van der Waals surface area (Å²) in [6.45, 7) is 5.90. The fourth-order valence-corrected chi connectivity index (χ4v) is 0.938. The largest absolute Gasteiger partial charge is 0.369 e. The lowest BCUT2D eigenvalue weighted by molar-refractivity contribution is 1.09. The van der Waals surface area contributed by atoms with E-state index < -0.39 is 0 Å². The van der Waals surface area contributed by atoms with Gasteiger partial charge in [0.15, 0.2) is 0 Å². The minimum absolute atomic E-state index is 0.554. The normalized spacial score (nSPS) is 12.1. The molecule has 3 nitrogen and oxygen atoms in total. The summed E-state index contributed by atoms with van der Waals surface area (Å²) in [5.41, 5.74) is 7.68. The molecule has 1 aromatic rings. The molecule has 0 spiro atoms. The maximum Gasteiger partial charge on any atom is 0.204 e. The molecule has 3 heteroatoms. The third-order valence-corrected chi connectivity index (χ3v) is 1.65. The van der Waals surface area contributed by atoms with E-state index in [1.54, 1.807) is 0 Å². The Hall–Kier alpha value is -1.25. The number of nitrogens with zero attached hydrogens (tertiary/aromatic N) is 2. The Morgan fingerprint density at radius 3 is 2.73 bits per heavy atom. The first-order valence-electron chi connectivity index (χ1n) is 3.60. The van der Waals surface area contributed by atoms with Crippen molar-refractivity contribution < 1.29 is 0 Å². The second-order valence-corrected chi connectivity index (χ2v) is 2.54. The van der Waals surface area contributed by atoms with Gasteiger partial charge in [0.1, 0.15) is 0 Å². The summed E-state index contributed by atoms with van der Waals surface area (Å²) in [5, 5.41) is 0. The van der Waals surface area contributed by atoms with Crippen LogP contribution in [0.2, 0.25) is 0 Å². The lowest BCUT2D eigenvalue weighted by atomic mass is 10.4. The average Bonchev–Trinajstić information content (AvgIpc) is 2.28. The van der Waals surface area contributed by atoms with Gasteiger partial charge in [0.2, 0.25) is 5.95 Å². The van der Waals surface area contributed by atoms with Gasteiger partial charge in [0.05, 0.1) is 5.69 Å². The molecule has 2 N–H and O–H groups in total. The van der Waals surface area contributed by atoms with Crippen LogP contribution in [-0.4, -0.2) is 9.55 Å². The molecule has 0 atom stereocenters. The van der Waals surface area contributed by atoms with Crippen LogP contribution in [0.3, 0.4) is 0 Å². The van der Waals surface area contributed by atoms with Gasteiger partial charge in [-0.25, -0.2) is 4.98 Å². The Bertz CT molecular complexity index is 284. The Kier molecular flexibility index (Phi) is 1.98. The van der Waals surface area contributed by atoms with Crippen molar-refractivity contribution >= 4 is 11.6 Å². The number of hydrogen-bond acceptors (Lipinski definition) is 2. The van der Waals surface area contributed by atoms with Gasteiger partial charge < -0.3 is 5.73 Å². The summed E-state index contributed by atoms with van der Waals surface area (Å²) in [6.07, 6.45) is 3.92. The SMILES string of the molecule is CC=C(C)n1cc(C)nc1N. The maximum atomic E-state index is 5.63. The van der Waals surface area contributed by atoms with E-state index in [-0.39, 0.29) is 0 Å².